The van der Waals surface area contributed by atoms with Gasteiger partial charge >= 0.3 is 6.01 Å². The lowest BCUT2D eigenvalue weighted by Gasteiger charge is -2.32. The normalized spacial score (nSPS) is 20.0. The van der Waals surface area contributed by atoms with Gasteiger partial charge in [0.05, 0.1) is 29.3 Å². The SMILES string of the molecule is C=CC(=O)N1Cc2cn(-c3nc(OCSC4(C)CCCN4C)nc4c3CCN(c3cccc5cccc(C)c35)C4)nc2C1. The number of nitrogens with zero attached hydrogens (tertiary/aromatic N) is 7. The monoisotopic (exact) mass is 595 g/mol. The summed E-state index contributed by atoms with van der Waals surface area (Å²) in [4.78, 5) is 28.7. The molecule has 5 heterocycles. The van der Waals surface area contributed by atoms with Crippen molar-refractivity contribution in [3.8, 4) is 11.8 Å². The number of hydrogen-bond donors (Lipinski definition) is 0. The van der Waals surface area contributed by atoms with Gasteiger partial charge in [-0.15, -0.1) is 0 Å². The molecule has 3 aliphatic heterocycles. The topological polar surface area (TPSA) is 79.6 Å². The highest BCUT2D eigenvalue weighted by Gasteiger charge is 2.35. The highest BCUT2D eigenvalue weighted by molar-refractivity contribution is 8.00. The van der Waals surface area contributed by atoms with Crippen molar-refractivity contribution in [2.75, 3.05) is 31.0 Å². The fourth-order valence-corrected chi connectivity index (χ4v) is 7.65. The molecule has 1 saturated heterocycles. The second-order valence-corrected chi connectivity index (χ2v) is 13.3. The molecule has 9 nitrogen and oxygen atoms in total. The molecule has 4 aromatic rings. The van der Waals surface area contributed by atoms with E-state index in [0.717, 1.165) is 54.3 Å². The Labute approximate surface area is 256 Å². The fraction of sp³-hybridized carbons (Fsp3) is 0.394. The summed E-state index contributed by atoms with van der Waals surface area (Å²) in [5.41, 5.74) is 6.47. The van der Waals surface area contributed by atoms with Crippen molar-refractivity contribution in [3.63, 3.8) is 0 Å². The molecule has 1 atom stereocenters. The number of aryl methyl sites for hydroxylation is 1. The van der Waals surface area contributed by atoms with Crippen LogP contribution in [0.2, 0.25) is 0 Å². The van der Waals surface area contributed by atoms with Gasteiger partial charge in [0, 0.05) is 41.5 Å². The lowest BCUT2D eigenvalue weighted by atomic mass is 10.00. The van der Waals surface area contributed by atoms with Gasteiger partial charge < -0.3 is 14.5 Å². The van der Waals surface area contributed by atoms with E-state index in [1.54, 1.807) is 16.7 Å². The summed E-state index contributed by atoms with van der Waals surface area (Å²) in [6.07, 6.45) is 6.48. The van der Waals surface area contributed by atoms with Crippen molar-refractivity contribution in [2.24, 2.45) is 0 Å². The Morgan fingerprint density at radius 2 is 1.95 bits per heavy atom. The molecular weight excluding hydrogens is 558 g/mol. The number of carbonyl (C=O) groups is 1. The number of thioether (sulfide) groups is 1. The molecule has 0 saturated carbocycles. The van der Waals surface area contributed by atoms with Gasteiger partial charge in [-0.3, -0.25) is 9.69 Å². The lowest BCUT2D eigenvalue weighted by molar-refractivity contribution is -0.126. The number of rotatable bonds is 7. The Balaban J connectivity index is 1.22. The van der Waals surface area contributed by atoms with Crippen molar-refractivity contribution >= 4 is 34.1 Å². The molecule has 0 radical (unpaired) electrons. The van der Waals surface area contributed by atoms with E-state index in [1.807, 2.05) is 10.9 Å². The largest absolute Gasteiger partial charge is 0.452 e. The van der Waals surface area contributed by atoms with Crippen LogP contribution in [-0.4, -0.2) is 66.4 Å². The molecular formula is C33H37N7O2S. The highest BCUT2D eigenvalue weighted by atomic mass is 32.2. The van der Waals surface area contributed by atoms with Crippen LogP contribution in [0, 0.1) is 6.92 Å². The minimum atomic E-state index is -0.0810. The fourth-order valence-electron chi connectivity index (χ4n) is 6.63. The molecule has 1 fully saturated rings. The van der Waals surface area contributed by atoms with Crippen LogP contribution in [0.1, 0.15) is 47.8 Å². The van der Waals surface area contributed by atoms with Crippen LogP contribution in [0.15, 0.2) is 55.3 Å². The second-order valence-electron chi connectivity index (χ2n) is 11.9. The van der Waals surface area contributed by atoms with E-state index in [-0.39, 0.29) is 10.8 Å². The van der Waals surface area contributed by atoms with Crippen LogP contribution in [0.25, 0.3) is 16.6 Å². The number of ether oxygens (including phenoxy) is 1. The minimum absolute atomic E-state index is 0.0532. The molecule has 1 amide bonds. The van der Waals surface area contributed by atoms with Gasteiger partial charge in [-0.05, 0) is 69.8 Å². The zero-order valence-electron chi connectivity index (χ0n) is 25.0. The predicted molar refractivity (Wildman–Crippen MR) is 170 cm³/mol. The number of likely N-dealkylation sites (tertiary alicyclic amines) is 1. The van der Waals surface area contributed by atoms with E-state index in [1.165, 1.54) is 34.5 Å². The molecule has 7 rings (SSSR count). The molecule has 222 valence electrons. The molecule has 3 aliphatic rings. The molecule has 0 bridgehead atoms. The maximum absolute atomic E-state index is 12.2. The van der Waals surface area contributed by atoms with Crippen molar-refractivity contribution in [2.45, 2.75) is 57.6 Å². The summed E-state index contributed by atoms with van der Waals surface area (Å²) >= 11 is 1.80. The molecule has 0 N–H and O–H groups in total. The van der Waals surface area contributed by atoms with Crippen LogP contribution < -0.4 is 9.64 Å². The third kappa shape index (κ3) is 5.06. The lowest BCUT2D eigenvalue weighted by Crippen LogP contribution is -2.35. The average molecular weight is 596 g/mol. The predicted octanol–water partition coefficient (Wildman–Crippen LogP) is 5.23. The van der Waals surface area contributed by atoms with Gasteiger partial charge in [0.1, 0.15) is 5.94 Å². The van der Waals surface area contributed by atoms with E-state index in [9.17, 15) is 4.79 Å². The molecule has 2 aromatic heterocycles. The summed E-state index contributed by atoms with van der Waals surface area (Å²) in [5.74, 6) is 1.15. The van der Waals surface area contributed by atoms with E-state index < -0.39 is 0 Å². The van der Waals surface area contributed by atoms with Gasteiger partial charge in [0.25, 0.3) is 0 Å². The van der Waals surface area contributed by atoms with Crippen LogP contribution in [0.5, 0.6) is 6.01 Å². The van der Waals surface area contributed by atoms with Gasteiger partial charge in [-0.1, -0.05) is 48.7 Å². The number of amides is 1. The Bertz CT molecular complexity index is 1710. The molecule has 43 heavy (non-hydrogen) atoms. The number of fused-ring (bicyclic) bond motifs is 3. The number of benzene rings is 2. The first-order valence-corrected chi connectivity index (χ1v) is 15.9. The first-order valence-electron chi connectivity index (χ1n) is 14.9. The number of anilines is 1. The average Bonchev–Trinajstić information content (AvgIpc) is 3.69. The number of carbonyl (C=O) groups excluding carboxylic acids is 1. The summed E-state index contributed by atoms with van der Waals surface area (Å²) in [6, 6.07) is 13.4. The number of aromatic nitrogens is 4. The zero-order chi connectivity index (χ0) is 29.7. The Kier molecular flexibility index (Phi) is 7.13. The van der Waals surface area contributed by atoms with E-state index in [2.05, 4.69) is 73.7 Å². The zero-order valence-corrected chi connectivity index (χ0v) is 25.9. The molecule has 0 aliphatic carbocycles. The third-order valence-electron chi connectivity index (χ3n) is 9.24. The Morgan fingerprint density at radius 3 is 2.72 bits per heavy atom. The van der Waals surface area contributed by atoms with Crippen molar-refractivity contribution in [1.29, 1.82) is 0 Å². The minimum Gasteiger partial charge on any atom is -0.452 e. The first-order chi connectivity index (χ1) is 20.8. The van der Waals surface area contributed by atoms with Crippen molar-refractivity contribution in [1.82, 2.24) is 29.5 Å². The maximum atomic E-state index is 12.2. The Hall–Kier alpha value is -3.89. The van der Waals surface area contributed by atoms with Gasteiger partial charge in [0.2, 0.25) is 5.91 Å². The van der Waals surface area contributed by atoms with E-state index in [4.69, 9.17) is 19.8 Å². The van der Waals surface area contributed by atoms with Crippen molar-refractivity contribution < 1.29 is 9.53 Å². The molecule has 10 heteroatoms. The summed E-state index contributed by atoms with van der Waals surface area (Å²) in [7, 11) is 2.18. The molecule has 0 spiro atoms. The molecule has 2 aromatic carbocycles. The molecule has 1 unspecified atom stereocenters. The Morgan fingerprint density at radius 1 is 1.12 bits per heavy atom. The smallest absolute Gasteiger partial charge is 0.319 e. The van der Waals surface area contributed by atoms with Crippen LogP contribution in [0.3, 0.4) is 0 Å². The second kappa shape index (κ2) is 11.0. The maximum Gasteiger partial charge on any atom is 0.319 e. The summed E-state index contributed by atoms with van der Waals surface area (Å²) in [6.45, 7) is 11.7. The van der Waals surface area contributed by atoms with Crippen LogP contribution >= 0.6 is 11.8 Å². The van der Waals surface area contributed by atoms with Crippen LogP contribution in [-0.2, 0) is 30.8 Å². The van der Waals surface area contributed by atoms with Crippen molar-refractivity contribution in [3.05, 3.63) is 83.3 Å². The van der Waals surface area contributed by atoms with E-state index in [0.29, 0.717) is 31.6 Å². The quantitative estimate of drug-likeness (QED) is 0.212. The number of hydrogen-bond acceptors (Lipinski definition) is 8. The summed E-state index contributed by atoms with van der Waals surface area (Å²) in [5, 5.41) is 7.42. The highest BCUT2D eigenvalue weighted by Crippen LogP contribution is 2.38. The standard InChI is InChI=1S/C33H37N7O2S/c1-5-29(41)39-17-24-18-40(36-26(24)19-39)31-25-13-16-38(28-12-7-11-23-10-6-9-22(2)30(23)28)20-27(25)34-32(35-31)42-21-43-33(3)14-8-15-37(33)4/h5-7,9-12,18H,1,8,13-17,19-21H2,2-4H3. The van der Waals surface area contributed by atoms with Gasteiger partial charge in [-0.25, -0.2) is 4.68 Å². The van der Waals surface area contributed by atoms with Gasteiger partial charge in [0.15, 0.2) is 5.82 Å². The summed E-state index contributed by atoms with van der Waals surface area (Å²) < 4.78 is 8.14. The third-order valence-corrected chi connectivity index (χ3v) is 10.6. The van der Waals surface area contributed by atoms with Crippen LogP contribution in [0.4, 0.5) is 5.69 Å². The van der Waals surface area contributed by atoms with Gasteiger partial charge in [-0.2, -0.15) is 15.1 Å². The first kappa shape index (κ1) is 27.9. The van der Waals surface area contributed by atoms with E-state index >= 15 is 0 Å².